The summed E-state index contributed by atoms with van der Waals surface area (Å²) in [7, 11) is 0. The summed E-state index contributed by atoms with van der Waals surface area (Å²) >= 11 is 0. The van der Waals surface area contributed by atoms with Gasteiger partial charge in [0.1, 0.15) is 0 Å². The Morgan fingerprint density at radius 3 is 3.00 bits per heavy atom. The lowest BCUT2D eigenvalue weighted by Crippen LogP contribution is -1.93. The van der Waals surface area contributed by atoms with Gasteiger partial charge in [0.2, 0.25) is 0 Å². The number of benzene rings is 1. The number of hydrogen-bond acceptors (Lipinski definition) is 1. The van der Waals surface area contributed by atoms with Crippen LogP contribution >= 0.6 is 0 Å². The summed E-state index contributed by atoms with van der Waals surface area (Å²) in [4.78, 5) is 3.20. The maximum Gasteiger partial charge on any atom is 0.0666 e. The van der Waals surface area contributed by atoms with Crippen molar-refractivity contribution in [2.75, 3.05) is 0 Å². The number of aryl methyl sites for hydroxylation is 1. The van der Waals surface area contributed by atoms with E-state index in [9.17, 15) is 0 Å². The fourth-order valence-corrected chi connectivity index (χ4v) is 1.73. The van der Waals surface area contributed by atoms with Gasteiger partial charge in [0.25, 0.3) is 0 Å². The third-order valence-corrected chi connectivity index (χ3v) is 2.51. The topological polar surface area (TPSA) is 33.6 Å². The van der Waals surface area contributed by atoms with Crippen LogP contribution in [0.3, 0.4) is 0 Å². The molecule has 2 aromatic heterocycles. The Hall–Kier alpha value is -2.03. The molecular formula is C12H11N3. The van der Waals surface area contributed by atoms with Crippen LogP contribution in [-0.2, 0) is 0 Å². The molecule has 0 aliphatic rings. The highest BCUT2D eigenvalue weighted by Gasteiger charge is 2.00. The first-order valence-electron chi connectivity index (χ1n) is 4.92. The number of H-pyrrole nitrogens is 1. The number of aromatic amines is 1. The second-order valence-electron chi connectivity index (χ2n) is 3.71. The fourth-order valence-electron chi connectivity index (χ4n) is 1.73. The van der Waals surface area contributed by atoms with Crippen LogP contribution in [0.25, 0.3) is 16.6 Å². The SMILES string of the molecule is Cc1cnn(-c2ccc3cc[nH]c3c2)c1. The van der Waals surface area contributed by atoms with E-state index >= 15 is 0 Å². The second kappa shape index (κ2) is 2.98. The third-order valence-electron chi connectivity index (χ3n) is 2.51. The fraction of sp³-hybridized carbons (Fsp3) is 0.0833. The van der Waals surface area contributed by atoms with Gasteiger partial charge in [-0.1, -0.05) is 6.07 Å². The van der Waals surface area contributed by atoms with Crippen molar-refractivity contribution in [2.24, 2.45) is 0 Å². The molecule has 0 bridgehead atoms. The van der Waals surface area contributed by atoms with Gasteiger partial charge in [0, 0.05) is 17.9 Å². The van der Waals surface area contributed by atoms with Crippen molar-refractivity contribution in [3.63, 3.8) is 0 Å². The Morgan fingerprint density at radius 1 is 1.27 bits per heavy atom. The van der Waals surface area contributed by atoms with E-state index in [0.29, 0.717) is 0 Å². The summed E-state index contributed by atoms with van der Waals surface area (Å²) in [5, 5.41) is 5.50. The van der Waals surface area contributed by atoms with Crippen LogP contribution in [0.4, 0.5) is 0 Å². The van der Waals surface area contributed by atoms with E-state index in [1.54, 1.807) is 0 Å². The van der Waals surface area contributed by atoms with Crippen molar-refractivity contribution in [1.82, 2.24) is 14.8 Å². The smallest absolute Gasteiger partial charge is 0.0666 e. The van der Waals surface area contributed by atoms with Crippen LogP contribution in [0, 0.1) is 6.92 Å². The second-order valence-corrected chi connectivity index (χ2v) is 3.71. The molecule has 3 heteroatoms. The van der Waals surface area contributed by atoms with E-state index in [-0.39, 0.29) is 0 Å². The molecule has 1 aromatic carbocycles. The summed E-state index contributed by atoms with van der Waals surface area (Å²) in [5.41, 5.74) is 3.39. The lowest BCUT2D eigenvalue weighted by molar-refractivity contribution is 0.881. The van der Waals surface area contributed by atoms with E-state index in [1.807, 2.05) is 30.2 Å². The molecule has 0 radical (unpaired) electrons. The molecule has 0 saturated carbocycles. The van der Waals surface area contributed by atoms with Crippen LogP contribution in [0.15, 0.2) is 42.9 Å². The Bertz CT molecular complexity index is 604. The zero-order valence-electron chi connectivity index (χ0n) is 8.44. The quantitative estimate of drug-likeness (QED) is 0.639. The van der Waals surface area contributed by atoms with E-state index in [4.69, 9.17) is 0 Å². The van der Waals surface area contributed by atoms with Gasteiger partial charge in [-0.3, -0.25) is 0 Å². The summed E-state index contributed by atoms with van der Waals surface area (Å²) in [6.45, 7) is 2.04. The number of aromatic nitrogens is 3. The van der Waals surface area contributed by atoms with E-state index in [2.05, 4.69) is 34.3 Å². The van der Waals surface area contributed by atoms with Crippen LogP contribution < -0.4 is 0 Å². The van der Waals surface area contributed by atoms with Crippen molar-refractivity contribution in [1.29, 1.82) is 0 Å². The molecule has 0 fully saturated rings. The first kappa shape index (κ1) is 8.29. The zero-order valence-corrected chi connectivity index (χ0v) is 8.44. The van der Waals surface area contributed by atoms with Crippen molar-refractivity contribution >= 4 is 10.9 Å². The molecule has 2 heterocycles. The Morgan fingerprint density at radius 2 is 2.20 bits per heavy atom. The minimum absolute atomic E-state index is 1.08. The predicted octanol–water partition coefficient (Wildman–Crippen LogP) is 2.66. The largest absolute Gasteiger partial charge is 0.361 e. The Kier molecular flexibility index (Phi) is 1.65. The minimum atomic E-state index is 1.08. The molecule has 0 unspecified atom stereocenters. The maximum absolute atomic E-state index is 4.28. The molecule has 1 N–H and O–H groups in total. The highest BCUT2D eigenvalue weighted by atomic mass is 15.3. The molecule has 0 atom stereocenters. The molecule has 0 aliphatic heterocycles. The minimum Gasteiger partial charge on any atom is -0.361 e. The van der Waals surface area contributed by atoms with Crippen LogP contribution in [0.5, 0.6) is 0 Å². The maximum atomic E-state index is 4.28. The monoisotopic (exact) mass is 197 g/mol. The van der Waals surface area contributed by atoms with Crippen molar-refractivity contribution in [3.8, 4) is 5.69 Å². The van der Waals surface area contributed by atoms with Gasteiger partial charge in [0.05, 0.1) is 11.9 Å². The number of nitrogens with zero attached hydrogens (tertiary/aromatic N) is 2. The lowest BCUT2D eigenvalue weighted by atomic mass is 10.2. The summed E-state index contributed by atoms with van der Waals surface area (Å²) < 4.78 is 1.88. The van der Waals surface area contributed by atoms with Crippen molar-refractivity contribution in [3.05, 3.63) is 48.4 Å². The van der Waals surface area contributed by atoms with Gasteiger partial charge in [-0.15, -0.1) is 0 Å². The molecule has 0 saturated heterocycles. The number of hydrogen-bond donors (Lipinski definition) is 1. The van der Waals surface area contributed by atoms with Gasteiger partial charge in [-0.25, -0.2) is 4.68 Å². The standard InChI is InChI=1S/C12H11N3/c1-9-7-14-15(8-9)11-3-2-10-4-5-13-12(10)6-11/h2-8,13H,1H3. The lowest BCUT2D eigenvalue weighted by Gasteiger charge is -2.00. The van der Waals surface area contributed by atoms with Crippen LogP contribution in [0.2, 0.25) is 0 Å². The molecular weight excluding hydrogens is 186 g/mol. The van der Waals surface area contributed by atoms with Crippen molar-refractivity contribution in [2.45, 2.75) is 6.92 Å². The molecule has 0 aliphatic carbocycles. The zero-order chi connectivity index (χ0) is 10.3. The van der Waals surface area contributed by atoms with Gasteiger partial charge < -0.3 is 4.98 Å². The average Bonchev–Trinajstić information content (AvgIpc) is 2.84. The number of fused-ring (bicyclic) bond motifs is 1. The highest BCUT2D eigenvalue weighted by molar-refractivity contribution is 5.81. The van der Waals surface area contributed by atoms with Gasteiger partial charge in [-0.05, 0) is 36.1 Å². The molecule has 0 amide bonds. The molecule has 3 aromatic rings. The summed E-state index contributed by atoms with van der Waals surface area (Å²) in [6.07, 6.45) is 5.83. The van der Waals surface area contributed by atoms with E-state index in [0.717, 1.165) is 11.2 Å². The number of rotatable bonds is 1. The van der Waals surface area contributed by atoms with E-state index < -0.39 is 0 Å². The molecule has 3 rings (SSSR count). The third kappa shape index (κ3) is 1.32. The average molecular weight is 197 g/mol. The summed E-state index contributed by atoms with van der Waals surface area (Å²) in [6, 6.07) is 8.33. The van der Waals surface area contributed by atoms with Crippen LogP contribution in [-0.4, -0.2) is 14.8 Å². The summed E-state index contributed by atoms with van der Waals surface area (Å²) in [5.74, 6) is 0. The molecule has 3 nitrogen and oxygen atoms in total. The Labute approximate surface area is 87.4 Å². The molecule has 0 spiro atoms. The van der Waals surface area contributed by atoms with Crippen molar-refractivity contribution < 1.29 is 0 Å². The van der Waals surface area contributed by atoms with Gasteiger partial charge in [-0.2, -0.15) is 5.10 Å². The van der Waals surface area contributed by atoms with Crippen LogP contribution in [0.1, 0.15) is 5.56 Å². The first-order chi connectivity index (χ1) is 7.33. The number of nitrogens with one attached hydrogen (secondary N) is 1. The highest BCUT2D eigenvalue weighted by Crippen LogP contribution is 2.16. The first-order valence-corrected chi connectivity index (χ1v) is 4.92. The van der Waals surface area contributed by atoms with Gasteiger partial charge in [0.15, 0.2) is 0 Å². The predicted molar refractivity (Wildman–Crippen MR) is 60.2 cm³/mol. The molecule has 15 heavy (non-hydrogen) atoms. The molecule has 74 valence electrons. The van der Waals surface area contributed by atoms with Gasteiger partial charge >= 0.3 is 0 Å². The normalized spacial score (nSPS) is 11.0. The Balaban J connectivity index is 2.18. The van der Waals surface area contributed by atoms with E-state index in [1.165, 1.54) is 10.9 Å².